The number of hydrogen-bond donors (Lipinski definition) is 0. The molecule has 0 spiro atoms. The van der Waals surface area contributed by atoms with Gasteiger partial charge < -0.3 is 0 Å². The minimum Gasteiger partial charge on any atom is -0.204 e. The van der Waals surface area contributed by atoms with Crippen molar-refractivity contribution >= 4 is 0 Å². The Morgan fingerprint density at radius 3 is 1.82 bits per heavy atom. The molecule has 0 fully saturated rings. The molecule has 0 atom stereocenters. The summed E-state index contributed by atoms with van der Waals surface area (Å²) in [5, 5.41) is 0. The Morgan fingerprint density at radius 1 is 0.636 bits per heavy atom. The summed E-state index contributed by atoms with van der Waals surface area (Å²) in [6.45, 7) is 1.56. The summed E-state index contributed by atoms with van der Waals surface area (Å²) >= 11 is 0. The summed E-state index contributed by atoms with van der Waals surface area (Å²) in [6.07, 6.45) is 0. The molecule has 3 aromatic carbocycles. The molecule has 3 rings (SSSR count). The van der Waals surface area contributed by atoms with Crippen LogP contribution in [0.3, 0.4) is 0 Å². The Bertz CT molecular complexity index is 806. The van der Waals surface area contributed by atoms with Crippen LogP contribution in [0.5, 0.6) is 0 Å². The van der Waals surface area contributed by atoms with Crippen LogP contribution in [-0.4, -0.2) is 0 Å². The van der Waals surface area contributed by atoms with E-state index >= 15 is 0 Å². The second-order valence-corrected chi connectivity index (χ2v) is 5.12. The van der Waals surface area contributed by atoms with E-state index in [9.17, 15) is 13.2 Å². The van der Waals surface area contributed by atoms with Gasteiger partial charge in [-0.1, -0.05) is 54.6 Å². The maximum Gasteiger partial charge on any atom is 0.195 e. The maximum absolute atomic E-state index is 14.0. The zero-order valence-electron chi connectivity index (χ0n) is 11.9. The van der Waals surface area contributed by atoms with Crippen molar-refractivity contribution < 1.29 is 13.2 Å². The molecule has 0 aliphatic carbocycles. The van der Waals surface area contributed by atoms with Gasteiger partial charge in [0.15, 0.2) is 17.5 Å². The van der Waals surface area contributed by atoms with E-state index in [1.807, 2.05) is 42.5 Å². The van der Waals surface area contributed by atoms with Gasteiger partial charge in [0.25, 0.3) is 0 Å². The number of halogens is 3. The van der Waals surface area contributed by atoms with Gasteiger partial charge >= 0.3 is 0 Å². The van der Waals surface area contributed by atoms with E-state index in [-0.39, 0.29) is 5.56 Å². The monoisotopic (exact) mass is 298 g/mol. The van der Waals surface area contributed by atoms with Crippen LogP contribution >= 0.6 is 0 Å². The first-order valence-corrected chi connectivity index (χ1v) is 6.88. The SMILES string of the molecule is Cc1cc(F)c(F)c(F)c1-c1ccc(-c2ccccc2)cc1. The molecule has 0 saturated carbocycles. The lowest BCUT2D eigenvalue weighted by molar-refractivity contribution is 0.448. The molecule has 110 valence electrons. The van der Waals surface area contributed by atoms with Crippen LogP contribution in [0.2, 0.25) is 0 Å². The Hall–Kier alpha value is -2.55. The average Bonchev–Trinajstić information content (AvgIpc) is 2.54. The van der Waals surface area contributed by atoms with Crippen molar-refractivity contribution in [1.29, 1.82) is 0 Å². The quantitative estimate of drug-likeness (QED) is 0.529. The smallest absolute Gasteiger partial charge is 0.195 e. The summed E-state index contributed by atoms with van der Waals surface area (Å²) in [6, 6.07) is 17.9. The van der Waals surface area contributed by atoms with Gasteiger partial charge in [-0.2, -0.15) is 0 Å². The average molecular weight is 298 g/mol. The third-order valence-corrected chi connectivity index (χ3v) is 3.64. The number of rotatable bonds is 2. The van der Waals surface area contributed by atoms with E-state index in [0.717, 1.165) is 17.2 Å². The largest absolute Gasteiger partial charge is 0.204 e. The van der Waals surface area contributed by atoms with E-state index in [4.69, 9.17) is 0 Å². The van der Waals surface area contributed by atoms with Gasteiger partial charge in [0.2, 0.25) is 0 Å². The lowest BCUT2D eigenvalue weighted by Crippen LogP contribution is -1.97. The highest BCUT2D eigenvalue weighted by molar-refractivity contribution is 5.72. The van der Waals surface area contributed by atoms with Gasteiger partial charge in [0.05, 0.1) is 0 Å². The first-order chi connectivity index (χ1) is 10.6. The molecule has 0 saturated heterocycles. The predicted molar refractivity (Wildman–Crippen MR) is 81.9 cm³/mol. The third-order valence-electron chi connectivity index (χ3n) is 3.64. The normalized spacial score (nSPS) is 10.7. The fourth-order valence-electron chi connectivity index (χ4n) is 2.53. The van der Waals surface area contributed by atoms with Crippen LogP contribution in [0.15, 0.2) is 60.7 Å². The zero-order valence-corrected chi connectivity index (χ0v) is 11.9. The Morgan fingerprint density at radius 2 is 1.18 bits per heavy atom. The summed E-state index contributed by atoms with van der Waals surface area (Å²) in [7, 11) is 0. The lowest BCUT2D eigenvalue weighted by Gasteiger charge is -2.10. The number of aryl methyl sites for hydroxylation is 1. The minimum absolute atomic E-state index is 0.0958. The Balaban J connectivity index is 2.06. The molecule has 0 heterocycles. The highest BCUT2D eigenvalue weighted by Gasteiger charge is 2.17. The van der Waals surface area contributed by atoms with Crippen molar-refractivity contribution in [2.24, 2.45) is 0 Å². The second-order valence-electron chi connectivity index (χ2n) is 5.12. The molecule has 3 aromatic rings. The van der Waals surface area contributed by atoms with Gasteiger partial charge in [-0.05, 0) is 35.2 Å². The molecular weight excluding hydrogens is 285 g/mol. The third kappa shape index (κ3) is 2.50. The van der Waals surface area contributed by atoms with E-state index in [0.29, 0.717) is 11.1 Å². The van der Waals surface area contributed by atoms with E-state index in [1.54, 1.807) is 19.1 Å². The molecule has 0 aliphatic heterocycles. The summed E-state index contributed by atoms with van der Waals surface area (Å²) in [5.41, 5.74) is 3.00. The van der Waals surface area contributed by atoms with Crippen LogP contribution in [0, 0.1) is 24.4 Å². The topological polar surface area (TPSA) is 0 Å². The van der Waals surface area contributed by atoms with Gasteiger partial charge in [0, 0.05) is 5.56 Å². The minimum atomic E-state index is -1.44. The highest BCUT2D eigenvalue weighted by atomic mass is 19.2. The molecule has 0 bridgehead atoms. The number of benzene rings is 3. The zero-order chi connectivity index (χ0) is 15.7. The molecule has 0 N–H and O–H groups in total. The van der Waals surface area contributed by atoms with Crippen molar-refractivity contribution in [3.63, 3.8) is 0 Å². The molecule has 3 heteroatoms. The van der Waals surface area contributed by atoms with E-state index in [1.165, 1.54) is 0 Å². The van der Waals surface area contributed by atoms with Crippen molar-refractivity contribution in [3.8, 4) is 22.3 Å². The summed E-state index contributed by atoms with van der Waals surface area (Å²) < 4.78 is 40.7. The van der Waals surface area contributed by atoms with Gasteiger partial charge in [0.1, 0.15) is 0 Å². The molecule has 0 aliphatic rings. The molecule has 22 heavy (non-hydrogen) atoms. The van der Waals surface area contributed by atoms with Crippen molar-refractivity contribution in [3.05, 3.63) is 83.7 Å². The number of hydrogen-bond acceptors (Lipinski definition) is 0. The fourth-order valence-corrected chi connectivity index (χ4v) is 2.53. The van der Waals surface area contributed by atoms with Gasteiger partial charge in [-0.15, -0.1) is 0 Å². The molecule has 0 radical (unpaired) electrons. The Labute approximate surface area is 126 Å². The van der Waals surface area contributed by atoms with Crippen LogP contribution in [-0.2, 0) is 0 Å². The van der Waals surface area contributed by atoms with Gasteiger partial charge in [-0.3, -0.25) is 0 Å². The first kappa shape index (κ1) is 14.4. The van der Waals surface area contributed by atoms with Crippen LogP contribution in [0.4, 0.5) is 13.2 Å². The maximum atomic E-state index is 14.0. The van der Waals surface area contributed by atoms with Crippen molar-refractivity contribution in [2.75, 3.05) is 0 Å². The lowest BCUT2D eigenvalue weighted by atomic mass is 9.97. The standard InChI is InChI=1S/C19H13F3/c1-12-11-16(20)18(21)19(22)17(12)15-9-7-14(8-10-15)13-5-3-2-4-6-13/h2-11H,1H3. The molecular formula is C19H13F3. The van der Waals surface area contributed by atoms with Crippen LogP contribution in [0.1, 0.15) is 5.56 Å². The highest BCUT2D eigenvalue weighted by Crippen LogP contribution is 2.31. The first-order valence-electron chi connectivity index (χ1n) is 6.88. The second kappa shape index (κ2) is 5.68. The van der Waals surface area contributed by atoms with E-state index < -0.39 is 17.5 Å². The molecule has 0 amide bonds. The van der Waals surface area contributed by atoms with Crippen molar-refractivity contribution in [2.45, 2.75) is 6.92 Å². The fraction of sp³-hybridized carbons (Fsp3) is 0.0526. The van der Waals surface area contributed by atoms with Crippen molar-refractivity contribution in [1.82, 2.24) is 0 Å². The summed E-state index contributed by atoms with van der Waals surface area (Å²) in [4.78, 5) is 0. The summed E-state index contributed by atoms with van der Waals surface area (Å²) in [5.74, 6) is -3.75. The van der Waals surface area contributed by atoms with Gasteiger partial charge in [-0.25, -0.2) is 13.2 Å². The van der Waals surface area contributed by atoms with Crippen LogP contribution in [0.25, 0.3) is 22.3 Å². The molecule has 0 aromatic heterocycles. The Kier molecular flexibility index (Phi) is 3.72. The molecule has 0 unspecified atom stereocenters. The van der Waals surface area contributed by atoms with Crippen LogP contribution < -0.4 is 0 Å². The van der Waals surface area contributed by atoms with E-state index in [2.05, 4.69) is 0 Å². The molecule has 0 nitrogen and oxygen atoms in total. The predicted octanol–water partition coefficient (Wildman–Crippen LogP) is 5.75.